The molecule has 1 rings (SSSR count). The van der Waals surface area contributed by atoms with Crippen molar-refractivity contribution in [3.63, 3.8) is 0 Å². The first-order chi connectivity index (χ1) is 6.67. The zero-order chi connectivity index (χ0) is 10.6. The summed E-state index contributed by atoms with van der Waals surface area (Å²) in [5, 5.41) is 18.2. The van der Waals surface area contributed by atoms with E-state index >= 15 is 0 Å². The van der Waals surface area contributed by atoms with Crippen molar-refractivity contribution in [2.45, 2.75) is 12.5 Å². The van der Waals surface area contributed by atoms with Gasteiger partial charge in [-0.15, -0.1) is 0 Å². The topological polar surface area (TPSA) is 75.7 Å². The Bertz CT molecular complexity index is 301. The van der Waals surface area contributed by atoms with Crippen molar-refractivity contribution in [2.75, 3.05) is 13.7 Å². The third-order valence-electron chi connectivity index (χ3n) is 1.98. The lowest BCUT2D eigenvalue weighted by Gasteiger charge is -2.09. The summed E-state index contributed by atoms with van der Waals surface area (Å²) < 4.78 is 4.90. The molecule has 78 valence electrons. The molecule has 1 aromatic rings. The van der Waals surface area contributed by atoms with Crippen LogP contribution < -0.4 is 10.5 Å². The van der Waals surface area contributed by atoms with E-state index in [0.717, 1.165) is 5.56 Å². The number of benzene rings is 1. The lowest BCUT2D eigenvalue weighted by Crippen LogP contribution is -2.26. The molecular weight excluding hydrogens is 182 g/mol. The molecule has 4 N–H and O–H groups in total. The van der Waals surface area contributed by atoms with Crippen molar-refractivity contribution in [1.82, 2.24) is 0 Å². The van der Waals surface area contributed by atoms with Crippen molar-refractivity contribution in [2.24, 2.45) is 5.73 Å². The van der Waals surface area contributed by atoms with Crippen LogP contribution in [0.3, 0.4) is 0 Å². The number of hydrogen-bond acceptors (Lipinski definition) is 4. The first-order valence-corrected chi connectivity index (χ1v) is 4.39. The van der Waals surface area contributed by atoms with E-state index in [2.05, 4.69) is 0 Å². The highest BCUT2D eigenvalue weighted by Gasteiger charge is 2.05. The molecule has 0 bridgehead atoms. The second-order valence-corrected chi connectivity index (χ2v) is 3.15. The number of phenolic OH excluding ortho intramolecular Hbond substituents is 1. The molecule has 1 unspecified atom stereocenters. The summed E-state index contributed by atoms with van der Waals surface area (Å²) in [6, 6.07) is 4.79. The van der Waals surface area contributed by atoms with Crippen LogP contribution in [-0.4, -0.2) is 30.0 Å². The maximum Gasteiger partial charge on any atom is 0.160 e. The Morgan fingerprint density at radius 3 is 2.71 bits per heavy atom. The van der Waals surface area contributed by atoms with E-state index in [1.807, 2.05) is 6.07 Å². The number of methoxy groups -OCH3 is 1. The van der Waals surface area contributed by atoms with Gasteiger partial charge in [0.2, 0.25) is 0 Å². The second-order valence-electron chi connectivity index (χ2n) is 3.15. The van der Waals surface area contributed by atoms with Crippen LogP contribution in [-0.2, 0) is 6.42 Å². The van der Waals surface area contributed by atoms with Gasteiger partial charge in [-0.05, 0) is 24.1 Å². The molecule has 4 nitrogen and oxygen atoms in total. The maximum atomic E-state index is 9.45. The quantitative estimate of drug-likeness (QED) is 0.647. The number of nitrogens with two attached hydrogens (primary N) is 1. The van der Waals surface area contributed by atoms with Crippen LogP contribution >= 0.6 is 0 Å². The summed E-state index contributed by atoms with van der Waals surface area (Å²) >= 11 is 0. The molecule has 0 aliphatic heterocycles. The van der Waals surface area contributed by atoms with Crippen molar-refractivity contribution < 1.29 is 14.9 Å². The summed E-state index contributed by atoms with van der Waals surface area (Å²) in [5.41, 5.74) is 6.44. The lowest BCUT2D eigenvalue weighted by atomic mass is 10.1. The molecule has 0 spiro atoms. The maximum absolute atomic E-state index is 9.45. The minimum atomic E-state index is -0.289. The molecule has 4 heteroatoms. The van der Waals surface area contributed by atoms with Crippen molar-refractivity contribution in [1.29, 1.82) is 0 Å². The molecule has 0 aromatic heterocycles. The third kappa shape index (κ3) is 2.61. The fraction of sp³-hybridized carbons (Fsp3) is 0.400. The van der Waals surface area contributed by atoms with Gasteiger partial charge in [0.05, 0.1) is 13.7 Å². The van der Waals surface area contributed by atoms with Crippen LogP contribution in [0.4, 0.5) is 0 Å². The van der Waals surface area contributed by atoms with E-state index in [0.29, 0.717) is 12.2 Å². The zero-order valence-electron chi connectivity index (χ0n) is 8.10. The third-order valence-corrected chi connectivity index (χ3v) is 1.98. The molecule has 0 heterocycles. The first-order valence-electron chi connectivity index (χ1n) is 4.39. The molecule has 0 aliphatic carbocycles. The van der Waals surface area contributed by atoms with Gasteiger partial charge in [-0.25, -0.2) is 0 Å². The Morgan fingerprint density at radius 1 is 1.50 bits per heavy atom. The highest BCUT2D eigenvalue weighted by atomic mass is 16.5. The predicted molar refractivity (Wildman–Crippen MR) is 53.4 cm³/mol. The van der Waals surface area contributed by atoms with Crippen LogP contribution in [0.25, 0.3) is 0 Å². The molecule has 0 radical (unpaired) electrons. The number of ether oxygens (including phenoxy) is 1. The highest BCUT2D eigenvalue weighted by molar-refractivity contribution is 5.41. The number of aliphatic hydroxyl groups is 1. The summed E-state index contributed by atoms with van der Waals surface area (Å²) in [7, 11) is 1.49. The summed E-state index contributed by atoms with van der Waals surface area (Å²) in [4.78, 5) is 0. The average molecular weight is 197 g/mol. The summed E-state index contributed by atoms with van der Waals surface area (Å²) in [6.07, 6.45) is 0.536. The standard InChI is InChI=1S/C10H15NO3/c1-14-10-3-2-7(5-9(10)13)4-8(11)6-12/h2-3,5,8,12-13H,4,6,11H2,1H3. The van der Waals surface area contributed by atoms with Crippen molar-refractivity contribution in [3.8, 4) is 11.5 Å². The molecule has 0 fully saturated rings. The van der Waals surface area contributed by atoms with Crippen LogP contribution in [0.5, 0.6) is 11.5 Å². The van der Waals surface area contributed by atoms with Gasteiger partial charge < -0.3 is 20.7 Å². The zero-order valence-corrected chi connectivity index (χ0v) is 8.10. The SMILES string of the molecule is COc1ccc(CC(N)CO)cc1O. The normalized spacial score (nSPS) is 12.5. The van der Waals surface area contributed by atoms with E-state index in [9.17, 15) is 5.11 Å². The molecule has 0 amide bonds. The Balaban J connectivity index is 2.76. The smallest absolute Gasteiger partial charge is 0.160 e. The minimum Gasteiger partial charge on any atom is -0.504 e. The molecule has 0 saturated carbocycles. The fourth-order valence-electron chi connectivity index (χ4n) is 1.23. The van der Waals surface area contributed by atoms with Crippen molar-refractivity contribution in [3.05, 3.63) is 23.8 Å². The Labute approximate surface area is 82.9 Å². The number of phenols is 1. The number of hydrogen-bond donors (Lipinski definition) is 3. The van der Waals surface area contributed by atoms with E-state index in [-0.39, 0.29) is 18.4 Å². The summed E-state index contributed by atoms with van der Waals surface area (Å²) in [6.45, 7) is -0.0627. The fourth-order valence-corrected chi connectivity index (χ4v) is 1.23. The number of aromatic hydroxyl groups is 1. The van der Waals surface area contributed by atoms with E-state index in [1.165, 1.54) is 7.11 Å². The Kier molecular flexibility index (Phi) is 3.73. The minimum absolute atomic E-state index is 0.0627. The van der Waals surface area contributed by atoms with Gasteiger partial charge in [-0.2, -0.15) is 0 Å². The van der Waals surface area contributed by atoms with Gasteiger partial charge in [-0.1, -0.05) is 6.07 Å². The monoisotopic (exact) mass is 197 g/mol. The van der Waals surface area contributed by atoms with E-state index in [4.69, 9.17) is 15.6 Å². The highest BCUT2D eigenvalue weighted by Crippen LogP contribution is 2.26. The van der Waals surface area contributed by atoms with Crippen LogP contribution in [0.2, 0.25) is 0 Å². The van der Waals surface area contributed by atoms with Crippen LogP contribution in [0.15, 0.2) is 18.2 Å². The van der Waals surface area contributed by atoms with E-state index in [1.54, 1.807) is 12.1 Å². The molecule has 0 saturated heterocycles. The molecular formula is C10H15NO3. The lowest BCUT2D eigenvalue weighted by molar-refractivity contribution is 0.265. The number of aliphatic hydroxyl groups excluding tert-OH is 1. The predicted octanol–water partition coefficient (Wildman–Crippen LogP) is 0.263. The average Bonchev–Trinajstić information content (AvgIpc) is 2.18. The van der Waals surface area contributed by atoms with Gasteiger partial charge in [0.1, 0.15) is 0 Å². The number of rotatable bonds is 4. The summed E-state index contributed by atoms with van der Waals surface area (Å²) in [5.74, 6) is 0.529. The van der Waals surface area contributed by atoms with Crippen LogP contribution in [0, 0.1) is 0 Å². The Hall–Kier alpha value is -1.26. The van der Waals surface area contributed by atoms with Crippen LogP contribution in [0.1, 0.15) is 5.56 Å². The van der Waals surface area contributed by atoms with Gasteiger partial charge in [-0.3, -0.25) is 0 Å². The van der Waals surface area contributed by atoms with Gasteiger partial charge in [0.25, 0.3) is 0 Å². The molecule has 1 aromatic carbocycles. The Morgan fingerprint density at radius 2 is 2.21 bits per heavy atom. The van der Waals surface area contributed by atoms with Gasteiger partial charge in [0.15, 0.2) is 11.5 Å². The molecule has 1 atom stereocenters. The second kappa shape index (κ2) is 4.83. The van der Waals surface area contributed by atoms with Gasteiger partial charge >= 0.3 is 0 Å². The molecule has 0 aliphatic rings. The van der Waals surface area contributed by atoms with E-state index < -0.39 is 0 Å². The largest absolute Gasteiger partial charge is 0.504 e. The first kappa shape index (κ1) is 10.8. The van der Waals surface area contributed by atoms with Gasteiger partial charge in [0, 0.05) is 6.04 Å². The molecule has 14 heavy (non-hydrogen) atoms. The van der Waals surface area contributed by atoms with Crippen molar-refractivity contribution >= 4 is 0 Å².